The molecule has 1 rings (SSSR count). The normalized spacial score (nSPS) is 26.5. The molecule has 0 aliphatic heterocycles. The number of allylic oxidation sites excluding steroid dienone is 2. The minimum Gasteiger partial charge on any atom is -0.463 e. The first-order chi connectivity index (χ1) is 14.4. The topological polar surface area (TPSA) is 127 Å². The van der Waals surface area contributed by atoms with E-state index < -0.39 is 37.0 Å². The van der Waals surface area contributed by atoms with Gasteiger partial charge in [-0.2, -0.15) is 0 Å². The first-order valence-electron chi connectivity index (χ1n) is 11.2. The average Bonchev–Trinajstić information content (AvgIpc) is 2.99. The molecule has 0 bridgehead atoms. The molecule has 1 aliphatic rings. The smallest absolute Gasteiger partial charge is 0.305 e. The summed E-state index contributed by atoms with van der Waals surface area (Å²) < 4.78 is 4.84. The van der Waals surface area contributed by atoms with Gasteiger partial charge in [-0.25, -0.2) is 0 Å². The molecule has 0 radical (unpaired) electrons. The summed E-state index contributed by atoms with van der Waals surface area (Å²) in [7, 11) is 0. The lowest BCUT2D eigenvalue weighted by Crippen LogP contribution is -2.21. The van der Waals surface area contributed by atoms with Crippen LogP contribution in [-0.4, -0.2) is 69.1 Å². The van der Waals surface area contributed by atoms with Crippen LogP contribution in [0.2, 0.25) is 0 Å². The van der Waals surface area contributed by atoms with Crippen molar-refractivity contribution in [2.45, 2.75) is 89.1 Å². The number of rotatable bonds is 15. The molecule has 0 aromatic rings. The van der Waals surface area contributed by atoms with Gasteiger partial charge in [-0.15, -0.1) is 0 Å². The van der Waals surface area contributed by atoms with E-state index in [0.717, 1.165) is 19.3 Å². The Labute approximate surface area is 180 Å². The van der Waals surface area contributed by atoms with Gasteiger partial charge >= 0.3 is 5.97 Å². The number of carbonyl (C=O) groups excluding carboxylic acids is 1. The number of hydrogen-bond donors (Lipinski definition) is 5. The summed E-state index contributed by atoms with van der Waals surface area (Å²) in [5.74, 6) is -0.688. The summed E-state index contributed by atoms with van der Waals surface area (Å²) in [6.45, 7) is 1.48. The van der Waals surface area contributed by atoms with Gasteiger partial charge in [-0.05, 0) is 31.6 Å². The molecule has 0 spiro atoms. The molecule has 1 saturated carbocycles. The first kappa shape index (κ1) is 26.8. The van der Waals surface area contributed by atoms with Gasteiger partial charge in [0.05, 0.1) is 24.9 Å². The number of carbonyl (C=O) groups is 1. The van der Waals surface area contributed by atoms with Crippen LogP contribution in [0.1, 0.15) is 64.7 Å². The molecule has 0 aromatic heterocycles. The lowest BCUT2D eigenvalue weighted by molar-refractivity contribution is -0.147. The summed E-state index contributed by atoms with van der Waals surface area (Å²) in [6.07, 6.45) is 11.1. The average molecular weight is 429 g/mol. The van der Waals surface area contributed by atoms with Crippen LogP contribution in [0.5, 0.6) is 0 Å². The van der Waals surface area contributed by atoms with Crippen LogP contribution in [0.3, 0.4) is 0 Å². The molecule has 1 fully saturated rings. The van der Waals surface area contributed by atoms with Crippen LogP contribution in [0, 0.1) is 11.8 Å². The molecule has 0 unspecified atom stereocenters. The van der Waals surface area contributed by atoms with Gasteiger partial charge in [0.2, 0.25) is 0 Å². The van der Waals surface area contributed by atoms with E-state index >= 15 is 0 Å². The number of unbranched alkanes of at least 4 members (excludes halogenated alkanes) is 3. The minimum atomic E-state index is -1.04. The Kier molecular flexibility index (Phi) is 13.9. The van der Waals surface area contributed by atoms with E-state index in [0.29, 0.717) is 32.1 Å². The Hall–Kier alpha value is -1.25. The maximum Gasteiger partial charge on any atom is 0.305 e. The SMILES string of the molecule is CCCCC[C@H](O)/C=C/[C@H]1[C@@H](C/C=C\CCCC(=O)OC[C@H](O)CO)[C@@H](O)C[C@H]1O. The maximum atomic E-state index is 11.5. The zero-order chi connectivity index (χ0) is 22.4. The van der Waals surface area contributed by atoms with Crippen LogP contribution in [0.15, 0.2) is 24.3 Å². The Morgan fingerprint density at radius 3 is 2.60 bits per heavy atom. The molecule has 7 nitrogen and oxygen atoms in total. The molecule has 0 aromatic carbocycles. The molecular weight excluding hydrogens is 388 g/mol. The second-order valence-corrected chi connectivity index (χ2v) is 8.18. The molecule has 7 heteroatoms. The molecular formula is C23H40O7. The number of ether oxygens (including phenoxy) is 1. The predicted octanol–water partition coefficient (Wildman–Crippen LogP) is 1.85. The van der Waals surface area contributed by atoms with Crippen molar-refractivity contribution in [3.63, 3.8) is 0 Å². The highest BCUT2D eigenvalue weighted by molar-refractivity contribution is 5.69. The Bertz CT molecular complexity index is 520. The monoisotopic (exact) mass is 428 g/mol. The third-order valence-electron chi connectivity index (χ3n) is 5.55. The summed E-state index contributed by atoms with van der Waals surface area (Å²) in [4.78, 5) is 11.5. The second kappa shape index (κ2) is 15.5. The lowest BCUT2D eigenvalue weighted by atomic mass is 9.89. The van der Waals surface area contributed by atoms with Gasteiger partial charge in [-0.3, -0.25) is 4.79 Å². The molecule has 5 N–H and O–H groups in total. The molecule has 1 aliphatic carbocycles. The first-order valence-corrected chi connectivity index (χ1v) is 11.2. The Balaban J connectivity index is 2.36. The summed E-state index contributed by atoms with van der Waals surface area (Å²) >= 11 is 0. The fourth-order valence-corrected chi connectivity index (χ4v) is 3.71. The summed E-state index contributed by atoms with van der Waals surface area (Å²) in [6, 6.07) is 0. The molecule has 0 amide bonds. The van der Waals surface area contributed by atoms with Crippen LogP contribution in [0.4, 0.5) is 0 Å². The largest absolute Gasteiger partial charge is 0.463 e. The number of aliphatic hydroxyl groups excluding tert-OH is 5. The van der Waals surface area contributed by atoms with Gasteiger partial charge in [0.15, 0.2) is 0 Å². The van der Waals surface area contributed by atoms with Gasteiger partial charge in [-0.1, -0.05) is 50.5 Å². The van der Waals surface area contributed by atoms with Crippen LogP contribution >= 0.6 is 0 Å². The highest BCUT2D eigenvalue weighted by atomic mass is 16.5. The molecule has 0 heterocycles. The zero-order valence-corrected chi connectivity index (χ0v) is 18.1. The van der Waals surface area contributed by atoms with Gasteiger partial charge in [0.1, 0.15) is 12.7 Å². The van der Waals surface area contributed by atoms with Crippen molar-refractivity contribution in [3.05, 3.63) is 24.3 Å². The van der Waals surface area contributed by atoms with Crippen molar-refractivity contribution in [1.82, 2.24) is 0 Å². The predicted molar refractivity (Wildman–Crippen MR) is 115 cm³/mol. The summed E-state index contributed by atoms with van der Waals surface area (Å²) in [5.41, 5.74) is 0. The van der Waals surface area contributed by atoms with E-state index in [-0.39, 0.29) is 24.9 Å². The Morgan fingerprint density at radius 1 is 1.13 bits per heavy atom. The minimum absolute atomic E-state index is 0.0970. The van der Waals surface area contributed by atoms with Crippen molar-refractivity contribution >= 4 is 5.97 Å². The van der Waals surface area contributed by atoms with Gasteiger partial charge in [0, 0.05) is 18.8 Å². The van der Waals surface area contributed by atoms with Crippen molar-refractivity contribution < 1.29 is 35.1 Å². The van der Waals surface area contributed by atoms with Crippen molar-refractivity contribution in [1.29, 1.82) is 0 Å². The van der Waals surface area contributed by atoms with Crippen LogP contribution < -0.4 is 0 Å². The fourth-order valence-electron chi connectivity index (χ4n) is 3.71. The lowest BCUT2D eigenvalue weighted by Gasteiger charge is -2.19. The Morgan fingerprint density at radius 2 is 1.90 bits per heavy atom. The van der Waals surface area contributed by atoms with Crippen molar-refractivity contribution in [3.8, 4) is 0 Å². The van der Waals surface area contributed by atoms with Gasteiger partial charge < -0.3 is 30.3 Å². The number of aliphatic hydroxyl groups is 5. The second-order valence-electron chi connectivity index (χ2n) is 8.18. The third-order valence-corrected chi connectivity index (χ3v) is 5.55. The fraction of sp³-hybridized carbons (Fsp3) is 0.783. The summed E-state index contributed by atoms with van der Waals surface area (Å²) in [5, 5.41) is 48.4. The molecule has 174 valence electrons. The van der Waals surface area contributed by atoms with Gasteiger partial charge in [0.25, 0.3) is 0 Å². The van der Waals surface area contributed by atoms with Crippen LogP contribution in [-0.2, 0) is 9.53 Å². The number of hydrogen-bond acceptors (Lipinski definition) is 7. The van der Waals surface area contributed by atoms with E-state index in [9.17, 15) is 20.1 Å². The van der Waals surface area contributed by atoms with E-state index in [1.807, 2.05) is 18.2 Å². The molecule has 0 saturated heterocycles. The van der Waals surface area contributed by atoms with E-state index in [4.69, 9.17) is 14.9 Å². The molecule has 30 heavy (non-hydrogen) atoms. The highest BCUT2D eigenvalue weighted by Crippen LogP contribution is 2.36. The van der Waals surface area contributed by atoms with E-state index in [1.54, 1.807) is 6.08 Å². The maximum absolute atomic E-state index is 11.5. The standard InChI is InChI=1S/C23H40O7/c1-2-3-6-9-17(25)12-13-20-19(21(27)14-22(20)28)10-7-4-5-8-11-23(29)30-16-18(26)15-24/h4,7,12-13,17-22,24-28H,2-3,5-6,8-11,14-16H2,1H3/b7-4-,13-12+/t17-,18+,19+,20-,21-,22+/m0/s1. The molecule has 6 atom stereocenters. The van der Waals surface area contributed by atoms with E-state index in [1.165, 1.54) is 0 Å². The zero-order valence-electron chi connectivity index (χ0n) is 18.1. The van der Waals surface area contributed by atoms with Crippen molar-refractivity contribution in [2.24, 2.45) is 11.8 Å². The number of esters is 1. The third kappa shape index (κ3) is 10.7. The highest BCUT2D eigenvalue weighted by Gasteiger charge is 2.39. The van der Waals surface area contributed by atoms with Crippen molar-refractivity contribution in [2.75, 3.05) is 13.2 Å². The van der Waals surface area contributed by atoms with E-state index in [2.05, 4.69) is 6.92 Å². The quantitative estimate of drug-likeness (QED) is 0.153. The van der Waals surface area contributed by atoms with Crippen LogP contribution in [0.25, 0.3) is 0 Å².